The van der Waals surface area contributed by atoms with Gasteiger partial charge < -0.3 is 4.90 Å². The van der Waals surface area contributed by atoms with E-state index in [0.29, 0.717) is 34.5 Å². The molecule has 146 valence electrons. The standard InChI is InChI=1S/C19H21BrN6OS/c1-4-10-24(3)18-22-15-14-16(23-17(21-15)28-5-2)25(19(27)26(14)18)11-12-6-8-13(20)9-7-12/h6-9H,4-5,10-11H2,1-3H3. The lowest BCUT2D eigenvalue weighted by molar-refractivity contribution is 0.743. The molecule has 3 aromatic heterocycles. The summed E-state index contributed by atoms with van der Waals surface area (Å²) in [4.78, 5) is 29.3. The van der Waals surface area contributed by atoms with Crippen molar-refractivity contribution in [2.45, 2.75) is 32.0 Å². The maximum absolute atomic E-state index is 13.3. The number of rotatable bonds is 7. The lowest BCUT2D eigenvalue weighted by atomic mass is 10.2. The van der Waals surface area contributed by atoms with Gasteiger partial charge in [-0.2, -0.15) is 4.98 Å². The van der Waals surface area contributed by atoms with Gasteiger partial charge in [-0.1, -0.05) is 53.7 Å². The third-order valence-corrected chi connectivity index (χ3v) is 5.82. The summed E-state index contributed by atoms with van der Waals surface area (Å²) in [6.45, 7) is 5.42. The van der Waals surface area contributed by atoms with E-state index in [4.69, 9.17) is 4.98 Å². The van der Waals surface area contributed by atoms with Crippen molar-refractivity contribution >= 4 is 50.5 Å². The lowest BCUT2D eigenvalue weighted by Crippen LogP contribution is -2.27. The second-order valence-corrected chi connectivity index (χ2v) is 8.75. The highest BCUT2D eigenvalue weighted by Gasteiger charge is 2.24. The minimum atomic E-state index is -0.133. The number of halogens is 1. The van der Waals surface area contributed by atoms with E-state index in [-0.39, 0.29) is 5.69 Å². The molecule has 4 aromatic rings. The van der Waals surface area contributed by atoms with Crippen LogP contribution < -0.4 is 10.6 Å². The molecule has 0 unspecified atom stereocenters. The number of thioether (sulfide) groups is 1. The number of nitrogens with zero attached hydrogens (tertiary/aromatic N) is 6. The number of aromatic nitrogens is 5. The molecule has 0 amide bonds. The average Bonchev–Trinajstić information content (AvgIpc) is 3.18. The van der Waals surface area contributed by atoms with E-state index < -0.39 is 0 Å². The molecule has 4 rings (SSSR count). The van der Waals surface area contributed by atoms with Crippen molar-refractivity contribution in [1.82, 2.24) is 23.9 Å². The summed E-state index contributed by atoms with van der Waals surface area (Å²) in [5, 5.41) is 0.648. The number of hydrogen-bond donors (Lipinski definition) is 0. The van der Waals surface area contributed by atoms with Crippen LogP contribution in [0.3, 0.4) is 0 Å². The van der Waals surface area contributed by atoms with Crippen LogP contribution in [0.5, 0.6) is 0 Å². The summed E-state index contributed by atoms with van der Waals surface area (Å²) < 4.78 is 4.38. The fourth-order valence-electron chi connectivity index (χ4n) is 3.32. The van der Waals surface area contributed by atoms with E-state index in [1.165, 1.54) is 0 Å². The second-order valence-electron chi connectivity index (χ2n) is 6.60. The van der Waals surface area contributed by atoms with E-state index in [2.05, 4.69) is 39.7 Å². The molecule has 0 aliphatic carbocycles. The highest BCUT2D eigenvalue weighted by Crippen LogP contribution is 2.26. The molecule has 0 atom stereocenters. The maximum atomic E-state index is 13.3. The van der Waals surface area contributed by atoms with Gasteiger partial charge in [0.2, 0.25) is 5.95 Å². The molecule has 0 spiro atoms. The molecular weight excluding hydrogens is 440 g/mol. The first-order valence-electron chi connectivity index (χ1n) is 9.24. The van der Waals surface area contributed by atoms with E-state index >= 15 is 0 Å². The monoisotopic (exact) mass is 460 g/mol. The quantitative estimate of drug-likeness (QED) is 0.309. The van der Waals surface area contributed by atoms with Gasteiger partial charge in [0.05, 0.1) is 6.54 Å². The van der Waals surface area contributed by atoms with Crippen LogP contribution in [-0.2, 0) is 6.54 Å². The molecule has 0 aliphatic heterocycles. The van der Waals surface area contributed by atoms with Gasteiger partial charge in [-0.3, -0.25) is 4.57 Å². The van der Waals surface area contributed by atoms with E-state index in [9.17, 15) is 4.79 Å². The molecule has 3 heterocycles. The van der Waals surface area contributed by atoms with Crippen LogP contribution in [0.4, 0.5) is 5.95 Å². The highest BCUT2D eigenvalue weighted by molar-refractivity contribution is 9.10. The van der Waals surface area contributed by atoms with Crippen molar-refractivity contribution in [2.75, 3.05) is 24.2 Å². The van der Waals surface area contributed by atoms with Crippen LogP contribution in [0.1, 0.15) is 25.8 Å². The Balaban J connectivity index is 1.94. The minimum Gasteiger partial charge on any atom is -0.345 e. The zero-order valence-corrected chi connectivity index (χ0v) is 18.4. The third kappa shape index (κ3) is 3.26. The summed E-state index contributed by atoms with van der Waals surface area (Å²) in [6.07, 6.45) is 0.964. The Hall–Kier alpha value is -2.13. The Morgan fingerprint density at radius 1 is 1.14 bits per heavy atom. The van der Waals surface area contributed by atoms with Crippen LogP contribution in [0, 0.1) is 0 Å². The van der Waals surface area contributed by atoms with Crippen molar-refractivity contribution in [3.63, 3.8) is 0 Å². The Morgan fingerprint density at radius 3 is 2.57 bits per heavy atom. The molecule has 0 saturated heterocycles. The van der Waals surface area contributed by atoms with Crippen LogP contribution in [0.2, 0.25) is 0 Å². The van der Waals surface area contributed by atoms with Crippen LogP contribution in [-0.4, -0.2) is 43.3 Å². The first-order valence-corrected chi connectivity index (χ1v) is 11.0. The summed E-state index contributed by atoms with van der Waals surface area (Å²) in [6, 6.07) is 7.97. The number of anilines is 1. The van der Waals surface area contributed by atoms with Gasteiger partial charge in [-0.15, -0.1) is 0 Å². The van der Waals surface area contributed by atoms with Crippen molar-refractivity contribution < 1.29 is 0 Å². The Bertz CT molecular complexity index is 1170. The molecule has 7 nitrogen and oxygen atoms in total. The largest absolute Gasteiger partial charge is 0.345 e. The Morgan fingerprint density at radius 2 is 1.89 bits per heavy atom. The fraction of sp³-hybridized carbons (Fsp3) is 0.368. The molecule has 9 heteroatoms. The summed E-state index contributed by atoms with van der Waals surface area (Å²) in [5.74, 6) is 1.48. The van der Waals surface area contributed by atoms with Crippen molar-refractivity contribution in [3.8, 4) is 0 Å². The van der Waals surface area contributed by atoms with Crippen molar-refractivity contribution in [2.24, 2.45) is 0 Å². The Kier molecular flexibility index (Phi) is 5.29. The predicted octanol–water partition coefficient (Wildman–Crippen LogP) is 3.65. The number of hydrogen-bond acceptors (Lipinski definition) is 6. The van der Waals surface area contributed by atoms with Gasteiger partial charge in [0.15, 0.2) is 16.5 Å². The van der Waals surface area contributed by atoms with Gasteiger partial charge in [-0.25, -0.2) is 19.2 Å². The average molecular weight is 461 g/mol. The summed E-state index contributed by atoms with van der Waals surface area (Å²) >= 11 is 5.01. The second kappa shape index (κ2) is 7.71. The lowest BCUT2D eigenvalue weighted by Gasteiger charge is -2.14. The number of benzene rings is 1. The first-order chi connectivity index (χ1) is 13.5. The first kappa shape index (κ1) is 19.2. The smallest absolute Gasteiger partial charge is 0.337 e. The van der Waals surface area contributed by atoms with Crippen LogP contribution in [0.15, 0.2) is 38.7 Å². The molecule has 1 aromatic carbocycles. The molecule has 0 N–H and O–H groups in total. The summed E-state index contributed by atoms with van der Waals surface area (Å²) in [7, 11) is 1.95. The third-order valence-electron chi connectivity index (χ3n) is 4.56. The van der Waals surface area contributed by atoms with Crippen LogP contribution >= 0.6 is 27.7 Å². The molecule has 0 aliphatic rings. The van der Waals surface area contributed by atoms with Gasteiger partial charge in [0.1, 0.15) is 5.52 Å². The molecule has 0 saturated carbocycles. The normalized spacial score (nSPS) is 11.7. The molecule has 0 bridgehead atoms. The van der Waals surface area contributed by atoms with E-state index in [1.807, 2.05) is 36.2 Å². The Labute approximate surface area is 175 Å². The van der Waals surface area contributed by atoms with E-state index in [0.717, 1.165) is 28.8 Å². The van der Waals surface area contributed by atoms with Gasteiger partial charge in [0, 0.05) is 18.1 Å². The minimum absolute atomic E-state index is 0.133. The van der Waals surface area contributed by atoms with Crippen LogP contribution in [0.25, 0.3) is 16.8 Å². The van der Waals surface area contributed by atoms with Gasteiger partial charge >= 0.3 is 5.69 Å². The molecule has 0 fully saturated rings. The fourth-order valence-corrected chi connectivity index (χ4v) is 4.14. The summed E-state index contributed by atoms with van der Waals surface area (Å²) in [5.41, 5.74) is 2.81. The number of imidazole rings is 2. The zero-order chi connectivity index (χ0) is 19.8. The molecule has 0 radical (unpaired) electrons. The van der Waals surface area contributed by atoms with Gasteiger partial charge in [0.25, 0.3) is 0 Å². The van der Waals surface area contributed by atoms with Gasteiger partial charge in [-0.05, 0) is 29.9 Å². The zero-order valence-electron chi connectivity index (χ0n) is 16.0. The topological polar surface area (TPSA) is 68.3 Å². The van der Waals surface area contributed by atoms with Crippen molar-refractivity contribution in [3.05, 3.63) is 44.8 Å². The molecule has 28 heavy (non-hydrogen) atoms. The maximum Gasteiger partial charge on any atom is 0.337 e. The highest BCUT2D eigenvalue weighted by atomic mass is 79.9. The van der Waals surface area contributed by atoms with E-state index in [1.54, 1.807) is 20.7 Å². The SMILES string of the molecule is CCCN(C)c1nc2nc(SCC)nc3c2n1c(=O)n3Cc1ccc(Br)cc1. The molecular formula is C19H21BrN6OS. The predicted molar refractivity (Wildman–Crippen MR) is 117 cm³/mol. The van der Waals surface area contributed by atoms with Crippen molar-refractivity contribution in [1.29, 1.82) is 0 Å².